The van der Waals surface area contributed by atoms with Crippen LogP contribution in [0.1, 0.15) is 24.0 Å². The molecule has 0 aromatic heterocycles. The van der Waals surface area contributed by atoms with Gasteiger partial charge >= 0.3 is 6.18 Å². The molecule has 28 heavy (non-hydrogen) atoms. The van der Waals surface area contributed by atoms with E-state index in [-0.39, 0.29) is 10.8 Å². The Balaban J connectivity index is 1.49. The zero-order chi connectivity index (χ0) is 20.2. The molecule has 0 amide bonds. The van der Waals surface area contributed by atoms with Crippen LogP contribution in [0.25, 0.3) is 0 Å². The van der Waals surface area contributed by atoms with Gasteiger partial charge in [-0.1, -0.05) is 30.3 Å². The largest absolute Gasteiger partial charge is 0.416 e. The van der Waals surface area contributed by atoms with E-state index in [1.807, 2.05) is 18.2 Å². The van der Waals surface area contributed by atoms with Crippen LogP contribution in [-0.4, -0.2) is 33.0 Å². The molecule has 0 radical (unpaired) electrons. The molecule has 4 nitrogen and oxygen atoms in total. The maximum Gasteiger partial charge on any atom is 0.416 e. The Morgan fingerprint density at radius 1 is 0.964 bits per heavy atom. The van der Waals surface area contributed by atoms with Crippen molar-refractivity contribution in [2.45, 2.75) is 30.5 Å². The molecule has 0 unspecified atom stereocenters. The summed E-state index contributed by atoms with van der Waals surface area (Å²) in [6, 6.07) is 13.7. The first-order valence-electron chi connectivity index (χ1n) is 9.17. The van der Waals surface area contributed by atoms with Gasteiger partial charge < -0.3 is 0 Å². The Morgan fingerprint density at radius 3 is 2.14 bits per heavy atom. The highest BCUT2D eigenvalue weighted by Crippen LogP contribution is 2.29. The summed E-state index contributed by atoms with van der Waals surface area (Å²) < 4.78 is 65.0. The summed E-state index contributed by atoms with van der Waals surface area (Å²) in [5, 5.41) is 0. The van der Waals surface area contributed by atoms with E-state index in [4.69, 9.17) is 0 Å². The Bertz CT molecular complexity index is 861. The van der Waals surface area contributed by atoms with Crippen molar-refractivity contribution in [3.63, 3.8) is 0 Å². The summed E-state index contributed by atoms with van der Waals surface area (Å²) in [6.45, 7) is 2.95. The minimum absolute atomic E-state index is 0.151. The van der Waals surface area contributed by atoms with Crippen LogP contribution in [-0.2, 0) is 22.7 Å². The Kier molecular flexibility index (Phi) is 6.42. The second-order valence-corrected chi connectivity index (χ2v) is 8.85. The van der Waals surface area contributed by atoms with Gasteiger partial charge in [0, 0.05) is 13.1 Å². The molecule has 0 bridgehead atoms. The van der Waals surface area contributed by atoms with E-state index < -0.39 is 21.8 Å². The molecule has 1 aliphatic rings. The quantitative estimate of drug-likeness (QED) is 0.783. The normalized spacial score (nSPS) is 17.0. The lowest BCUT2D eigenvalue weighted by Crippen LogP contribution is -2.38. The van der Waals surface area contributed by atoms with Gasteiger partial charge in [0.2, 0.25) is 10.0 Å². The number of sulfonamides is 1. The molecule has 152 valence electrons. The molecule has 1 N–H and O–H groups in total. The lowest BCUT2D eigenvalue weighted by atomic mass is 9.97. The van der Waals surface area contributed by atoms with Crippen LogP contribution in [0.4, 0.5) is 13.2 Å². The molecule has 0 spiro atoms. The number of piperidine rings is 1. The highest BCUT2D eigenvalue weighted by atomic mass is 32.2. The van der Waals surface area contributed by atoms with E-state index in [2.05, 4.69) is 21.8 Å². The number of rotatable bonds is 6. The average molecular weight is 412 g/mol. The fourth-order valence-electron chi connectivity index (χ4n) is 3.32. The Labute approximate surface area is 163 Å². The number of likely N-dealkylation sites (tertiary alicyclic amines) is 1. The molecule has 3 rings (SSSR count). The SMILES string of the molecule is O=S(=O)(NCC1CCN(Cc2ccccc2)CC1)c1ccc(C(F)(F)F)cc1. The maximum atomic E-state index is 12.6. The highest BCUT2D eigenvalue weighted by Gasteiger charge is 2.30. The van der Waals surface area contributed by atoms with Crippen LogP contribution >= 0.6 is 0 Å². The minimum atomic E-state index is -4.48. The van der Waals surface area contributed by atoms with Gasteiger partial charge in [-0.05, 0) is 61.7 Å². The second-order valence-electron chi connectivity index (χ2n) is 7.08. The van der Waals surface area contributed by atoms with Gasteiger partial charge in [-0.3, -0.25) is 4.90 Å². The van der Waals surface area contributed by atoms with E-state index in [9.17, 15) is 21.6 Å². The van der Waals surface area contributed by atoms with Crippen molar-refractivity contribution in [1.29, 1.82) is 0 Å². The summed E-state index contributed by atoms with van der Waals surface area (Å²) in [6.07, 6.45) is -2.73. The topological polar surface area (TPSA) is 49.4 Å². The predicted octanol–water partition coefficient (Wildman–Crippen LogP) is 3.90. The first-order valence-corrected chi connectivity index (χ1v) is 10.7. The van der Waals surface area contributed by atoms with Gasteiger partial charge in [-0.2, -0.15) is 13.2 Å². The number of halogens is 3. The summed E-state index contributed by atoms with van der Waals surface area (Å²) in [5.74, 6) is 0.219. The number of hydrogen-bond donors (Lipinski definition) is 1. The fourth-order valence-corrected chi connectivity index (χ4v) is 4.44. The minimum Gasteiger partial charge on any atom is -0.299 e. The molecule has 1 fully saturated rings. The third-order valence-corrected chi connectivity index (χ3v) is 6.45. The summed E-state index contributed by atoms with van der Waals surface area (Å²) in [4.78, 5) is 2.19. The van der Waals surface area contributed by atoms with Crippen molar-refractivity contribution in [1.82, 2.24) is 9.62 Å². The van der Waals surface area contributed by atoms with Gasteiger partial charge in [-0.15, -0.1) is 0 Å². The van der Waals surface area contributed by atoms with Crippen LogP contribution in [0.15, 0.2) is 59.5 Å². The van der Waals surface area contributed by atoms with Gasteiger partial charge in [0.1, 0.15) is 0 Å². The summed E-state index contributed by atoms with van der Waals surface area (Å²) in [5.41, 5.74) is 0.390. The van der Waals surface area contributed by atoms with Gasteiger partial charge in [-0.25, -0.2) is 13.1 Å². The first kappa shape index (κ1) is 20.8. The summed E-state index contributed by atoms with van der Waals surface area (Å²) in [7, 11) is -3.81. The van der Waals surface area contributed by atoms with Crippen molar-refractivity contribution >= 4 is 10.0 Å². The van der Waals surface area contributed by atoms with E-state index in [0.29, 0.717) is 6.54 Å². The summed E-state index contributed by atoms with van der Waals surface area (Å²) >= 11 is 0. The Hall–Kier alpha value is -1.90. The molecule has 0 atom stereocenters. The van der Waals surface area contributed by atoms with Crippen LogP contribution in [0.3, 0.4) is 0 Å². The maximum absolute atomic E-state index is 12.6. The van der Waals surface area contributed by atoms with E-state index in [0.717, 1.165) is 56.7 Å². The fraction of sp³-hybridized carbons (Fsp3) is 0.400. The molecular weight excluding hydrogens is 389 g/mol. The number of hydrogen-bond acceptors (Lipinski definition) is 3. The molecule has 0 aliphatic carbocycles. The number of nitrogens with zero attached hydrogens (tertiary/aromatic N) is 1. The van der Waals surface area contributed by atoms with Crippen molar-refractivity contribution in [2.75, 3.05) is 19.6 Å². The Morgan fingerprint density at radius 2 is 1.57 bits per heavy atom. The average Bonchev–Trinajstić information content (AvgIpc) is 2.68. The van der Waals surface area contributed by atoms with Gasteiger partial charge in [0.25, 0.3) is 0 Å². The zero-order valence-electron chi connectivity index (χ0n) is 15.3. The van der Waals surface area contributed by atoms with Crippen molar-refractivity contribution in [3.8, 4) is 0 Å². The lowest BCUT2D eigenvalue weighted by molar-refractivity contribution is -0.137. The van der Waals surface area contributed by atoms with E-state index in [1.165, 1.54) is 5.56 Å². The molecule has 2 aromatic carbocycles. The number of benzene rings is 2. The first-order chi connectivity index (χ1) is 13.2. The zero-order valence-corrected chi connectivity index (χ0v) is 16.1. The van der Waals surface area contributed by atoms with Gasteiger partial charge in [0.15, 0.2) is 0 Å². The molecule has 1 aliphatic heterocycles. The predicted molar refractivity (Wildman–Crippen MR) is 101 cm³/mol. The molecule has 1 saturated heterocycles. The van der Waals surface area contributed by atoms with Crippen molar-refractivity contribution < 1.29 is 21.6 Å². The van der Waals surface area contributed by atoms with Gasteiger partial charge in [0.05, 0.1) is 10.5 Å². The highest BCUT2D eigenvalue weighted by molar-refractivity contribution is 7.89. The molecule has 8 heteroatoms. The number of nitrogens with one attached hydrogen (secondary N) is 1. The van der Waals surface area contributed by atoms with Crippen LogP contribution in [0.2, 0.25) is 0 Å². The standard InChI is InChI=1S/C20H23F3N2O2S/c21-20(22,23)18-6-8-19(9-7-18)28(26,27)24-14-16-10-12-25(13-11-16)15-17-4-2-1-3-5-17/h1-9,16,24H,10-15H2. The third kappa shape index (κ3) is 5.56. The van der Waals surface area contributed by atoms with Crippen molar-refractivity contribution in [2.24, 2.45) is 5.92 Å². The van der Waals surface area contributed by atoms with Crippen LogP contribution in [0.5, 0.6) is 0 Å². The second kappa shape index (κ2) is 8.63. The molecule has 2 aromatic rings. The third-order valence-electron chi connectivity index (χ3n) is 5.01. The van der Waals surface area contributed by atoms with Crippen molar-refractivity contribution in [3.05, 3.63) is 65.7 Å². The molecule has 0 saturated carbocycles. The number of alkyl halides is 3. The van der Waals surface area contributed by atoms with E-state index in [1.54, 1.807) is 0 Å². The molecular formula is C20H23F3N2O2S. The van der Waals surface area contributed by atoms with Crippen LogP contribution in [0, 0.1) is 5.92 Å². The lowest BCUT2D eigenvalue weighted by Gasteiger charge is -2.32. The monoisotopic (exact) mass is 412 g/mol. The molecule has 1 heterocycles. The van der Waals surface area contributed by atoms with Crippen LogP contribution < -0.4 is 4.72 Å². The smallest absolute Gasteiger partial charge is 0.299 e. The van der Waals surface area contributed by atoms with E-state index >= 15 is 0 Å².